The molecule has 2 amide bonds. The Bertz CT molecular complexity index is 1060. The zero-order chi connectivity index (χ0) is 22.2. The molecule has 0 fully saturated rings. The largest absolute Gasteiger partial charge is 0.495 e. The number of nitrogens with one attached hydrogen (secondary N) is 2. The van der Waals surface area contributed by atoms with Gasteiger partial charge in [-0.15, -0.1) is 0 Å². The molecule has 0 aliphatic heterocycles. The molecule has 0 saturated heterocycles. The number of hydrogen-bond acceptors (Lipinski definition) is 4. The average molecular weight is 438 g/mol. The van der Waals surface area contributed by atoms with Crippen molar-refractivity contribution in [1.82, 2.24) is 0 Å². The number of amides is 2. The summed E-state index contributed by atoms with van der Waals surface area (Å²) in [6.07, 6.45) is 0. The molecule has 0 saturated carbocycles. The van der Waals surface area contributed by atoms with E-state index in [0.717, 1.165) is 5.69 Å². The van der Waals surface area contributed by atoms with Crippen LogP contribution in [0.4, 0.5) is 17.1 Å². The third-order valence-electron chi connectivity index (χ3n) is 4.63. The van der Waals surface area contributed by atoms with Crippen molar-refractivity contribution in [1.29, 1.82) is 0 Å². The summed E-state index contributed by atoms with van der Waals surface area (Å²) in [5.74, 6) is 0.197. The third-order valence-corrected chi connectivity index (χ3v) is 4.92. The molecule has 0 bridgehead atoms. The highest BCUT2D eigenvalue weighted by Crippen LogP contribution is 2.27. The summed E-state index contributed by atoms with van der Waals surface area (Å²) in [6, 6.07) is 21.6. The van der Waals surface area contributed by atoms with E-state index in [-0.39, 0.29) is 18.4 Å². The number of ether oxygens (including phenoxy) is 1. The molecule has 0 aliphatic carbocycles. The lowest BCUT2D eigenvalue weighted by Gasteiger charge is -2.21. The van der Waals surface area contributed by atoms with E-state index >= 15 is 0 Å². The molecule has 31 heavy (non-hydrogen) atoms. The normalized spacial score (nSPS) is 10.3. The Morgan fingerprint density at radius 3 is 2.42 bits per heavy atom. The van der Waals surface area contributed by atoms with E-state index in [1.807, 2.05) is 43.3 Å². The molecule has 3 rings (SSSR count). The third kappa shape index (κ3) is 5.77. The molecule has 3 aromatic carbocycles. The van der Waals surface area contributed by atoms with E-state index in [0.29, 0.717) is 34.3 Å². The van der Waals surface area contributed by atoms with E-state index in [1.54, 1.807) is 41.3 Å². The van der Waals surface area contributed by atoms with E-state index < -0.39 is 0 Å². The van der Waals surface area contributed by atoms with E-state index in [4.69, 9.17) is 16.3 Å². The van der Waals surface area contributed by atoms with Crippen molar-refractivity contribution in [2.45, 2.75) is 6.92 Å². The number of carbonyl (C=O) groups excluding carboxylic acids is 2. The fraction of sp³-hybridized carbons (Fsp3) is 0.167. The minimum Gasteiger partial charge on any atom is -0.495 e. The molecule has 0 aromatic heterocycles. The highest BCUT2D eigenvalue weighted by atomic mass is 35.5. The van der Waals surface area contributed by atoms with Crippen molar-refractivity contribution in [3.8, 4) is 5.75 Å². The van der Waals surface area contributed by atoms with Crippen LogP contribution in [0, 0.1) is 0 Å². The van der Waals surface area contributed by atoms with Crippen molar-refractivity contribution in [2.24, 2.45) is 0 Å². The zero-order valence-corrected chi connectivity index (χ0v) is 18.1. The van der Waals surface area contributed by atoms with Gasteiger partial charge in [-0.25, -0.2) is 0 Å². The Hall–Kier alpha value is -3.51. The van der Waals surface area contributed by atoms with E-state index in [2.05, 4.69) is 10.6 Å². The smallest absolute Gasteiger partial charge is 0.258 e. The van der Waals surface area contributed by atoms with Crippen LogP contribution in [0.3, 0.4) is 0 Å². The van der Waals surface area contributed by atoms with Crippen LogP contribution in [0.5, 0.6) is 5.75 Å². The quantitative estimate of drug-likeness (QED) is 0.516. The summed E-state index contributed by atoms with van der Waals surface area (Å²) >= 11 is 6.09. The Morgan fingerprint density at radius 2 is 1.74 bits per heavy atom. The molecule has 0 unspecified atom stereocenters. The number of hydrogen-bond donors (Lipinski definition) is 2. The van der Waals surface area contributed by atoms with Gasteiger partial charge in [-0.2, -0.15) is 0 Å². The summed E-state index contributed by atoms with van der Waals surface area (Å²) in [6.45, 7) is 2.52. The molecule has 0 heterocycles. The predicted molar refractivity (Wildman–Crippen MR) is 125 cm³/mol. The van der Waals surface area contributed by atoms with Gasteiger partial charge >= 0.3 is 0 Å². The molecule has 0 atom stereocenters. The second-order valence-corrected chi connectivity index (χ2v) is 7.12. The molecule has 0 radical (unpaired) electrons. The van der Waals surface area contributed by atoms with Gasteiger partial charge in [0.1, 0.15) is 5.75 Å². The number of benzene rings is 3. The first-order chi connectivity index (χ1) is 15.0. The lowest BCUT2D eigenvalue weighted by molar-refractivity contribution is -0.114. The number of nitrogens with zero attached hydrogens (tertiary/aromatic N) is 1. The van der Waals surface area contributed by atoms with Crippen LogP contribution >= 0.6 is 11.6 Å². The molecule has 2 N–H and O–H groups in total. The number of methoxy groups -OCH3 is 1. The zero-order valence-electron chi connectivity index (χ0n) is 17.4. The van der Waals surface area contributed by atoms with Crippen LogP contribution in [0.25, 0.3) is 0 Å². The van der Waals surface area contributed by atoms with Crippen molar-refractivity contribution < 1.29 is 14.3 Å². The van der Waals surface area contributed by atoms with Crippen LogP contribution in [-0.2, 0) is 4.79 Å². The second kappa shape index (κ2) is 10.5. The Labute approximate surface area is 186 Å². The molecule has 0 aliphatic rings. The lowest BCUT2D eigenvalue weighted by atomic mass is 10.1. The van der Waals surface area contributed by atoms with Crippen LogP contribution in [0.15, 0.2) is 72.8 Å². The molecule has 3 aromatic rings. The number of para-hydroxylation sites is 1. The van der Waals surface area contributed by atoms with Crippen LogP contribution in [0.1, 0.15) is 17.3 Å². The first-order valence-corrected chi connectivity index (χ1v) is 10.2. The van der Waals surface area contributed by atoms with E-state index in [1.165, 1.54) is 7.11 Å². The minimum atomic E-state index is -0.238. The molecule has 6 nitrogen and oxygen atoms in total. The van der Waals surface area contributed by atoms with Crippen molar-refractivity contribution >= 4 is 40.5 Å². The molecular formula is C24H24ClN3O3. The number of anilines is 3. The first-order valence-electron chi connectivity index (χ1n) is 9.86. The fourth-order valence-electron chi connectivity index (χ4n) is 3.10. The predicted octanol–water partition coefficient (Wildman–Crippen LogP) is 5.07. The number of rotatable bonds is 8. The fourth-order valence-corrected chi connectivity index (χ4v) is 3.36. The van der Waals surface area contributed by atoms with Crippen LogP contribution in [-0.4, -0.2) is 32.0 Å². The molecule has 160 valence electrons. The standard InChI is InChI=1S/C24H24ClN3O3/c1-3-28(20-10-5-4-6-11-20)24(30)17-8-7-9-18(14-17)26-16-23(29)27-19-12-13-22(31-2)21(25)15-19/h4-15,26H,3,16H2,1-2H3,(H,27,29). The Morgan fingerprint density at radius 1 is 0.968 bits per heavy atom. The highest BCUT2D eigenvalue weighted by Gasteiger charge is 2.16. The second-order valence-electron chi connectivity index (χ2n) is 6.72. The summed E-state index contributed by atoms with van der Waals surface area (Å²) in [7, 11) is 1.53. The molecule has 7 heteroatoms. The minimum absolute atomic E-state index is 0.0392. The van der Waals surface area contributed by atoms with Gasteiger partial charge in [0.15, 0.2) is 0 Å². The average Bonchev–Trinajstić information content (AvgIpc) is 2.79. The van der Waals surface area contributed by atoms with Gasteiger partial charge < -0.3 is 20.3 Å². The van der Waals surface area contributed by atoms with Crippen molar-refractivity contribution in [3.05, 3.63) is 83.4 Å². The SMILES string of the molecule is CCN(C(=O)c1cccc(NCC(=O)Nc2ccc(OC)c(Cl)c2)c1)c1ccccc1. The molecular weight excluding hydrogens is 414 g/mol. The Kier molecular flexibility index (Phi) is 7.51. The van der Waals surface area contributed by atoms with Gasteiger partial charge in [-0.1, -0.05) is 35.9 Å². The maximum atomic E-state index is 13.0. The number of carbonyl (C=O) groups is 2. The van der Waals surface area contributed by atoms with Gasteiger partial charge in [0.05, 0.1) is 18.7 Å². The summed E-state index contributed by atoms with van der Waals surface area (Å²) < 4.78 is 5.11. The van der Waals surface area contributed by atoms with Gasteiger partial charge in [-0.3, -0.25) is 9.59 Å². The van der Waals surface area contributed by atoms with E-state index in [9.17, 15) is 9.59 Å². The van der Waals surface area contributed by atoms with Crippen LogP contribution < -0.4 is 20.3 Å². The molecule has 0 spiro atoms. The van der Waals surface area contributed by atoms with Gasteiger partial charge in [0, 0.05) is 29.2 Å². The lowest BCUT2D eigenvalue weighted by Crippen LogP contribution is -2.30. The Balaban J connectivity index is 1.63. The summed E-state index contributed by atoms with van der Waals surface area (Å²) in [4.78, 5) is 27.0. The van der Waals surface area contributed by atoms with Crippen molar-refractivity contribution in [2.75, 3.05) is 35.7 Å². The van der Waals surface area contributed by atoms with Crippen molar-refractivity contribution in [3.63, 3.8) is 0 Å². The first kappa shape index (κ1) is 22.2. The van der Waals surface area contributed by atoms with Gasteiger partial charge in [0.2, 0.25) is 5.91 Å². The maximum absolute atomic E-state index is 13.0. The topological polar surface area (TPSA) is 70.7 Å². The summed E-state index contributed by atoms with van der Waals surface area (Å²) in [5, 5.41) is 6.24. The summed E-state index contributed by atoms with van der Waals surface area (Å²) in [5.41, 5.74) is 2.63. The number of halogens is 1. The maximum Gasteiger partial charge on any atom is 0.258 e. The van der Waals surface area contributed by atoms with Crippen LogP contribution in [0.2, 0.25) is 5.02 Å². The van der Waals surface area contributed by atoms with Gasteiger partial charge in [-0.05, 0) is 55.5 Å². The highest BCUT2D eigenvalue weighted by molar-refractivity contribution is 6.32. The monoisotopic (exact) mass is 437 g/mol. The van der Waals surface area contributed by atoms with Gasteiger partial charge in [0.25, 0.3) is 5.91 Å².